The molecule has 1 aromatic heterocycles. The Morgan fingerprint density at radius 3 is 2.68 bits per heavy atom. The summed E-state index contributed by atoms with van der Waals surface area (Å²) in [5.74, 6) is 1.73. The topological polar surface area (TPSA) is 53.4 Å². The second-order valence-corrected chi connectivity index (χ2v) is 5.75. The summed E-state index contributed by atoms with van der Waals surface area (Å²) >= 11 is 0. The molecule has 0 radical (unpaired) electrons. The molecule has 102 valence electrons. The third-order valence-electron chi connectivity index (χ3n) is 4.61. The van der Waals surface area contributed by atoms with Crippen LogP contribution in [0.25, 0.3) is 0 Å². The van der Waals surface area contributed by atoms with Crippen LogP contribution in [0.15, 0.2) is 18.3 Å². The molecular formula is C15H20N2O2. The van der Waals surface area contributed by atoms with Crippen molar-refractivity contribution < 1.29 is 9.90 Å². The average molecular weight is 260 g/mol. The summed E-state index contributed by atoms with van der Waals surface area (Å²) < 4.78 is 0. The normalized spacial score (nSPS) is 26.8. The highest BCUT2D eigenvalue weighted by molar-refractivity contribution is 5.87. The highest BCUT2D eigenvalue weighted by atomic mass is 16.4. The lowest BCUT2D eigenvalue weighted by Crippen LogP contribution is -2.42. The Balaban J connectivity index is 1.70. The van der Waals surface area contributed by atoms with Gasteiger partial charge in [-0.15, -0.1) is 0 Å². The molecule has 1 aliphatic heterocycles. The van der Waals surface area contributed by atoms with Gasteiger partial charge in [0.25, 0.3) is 0 Å². The van der Waals surface area contributed by atoms with E-state index in [9.17, 15) is 4.79 Å². The van der Waals surface area contributed by atoms with Crippen LogP contribution in [0.1, 0.15) is 42.5 Å². The fourth-order valence-electron chi connectivity index (χ4n) is 3.51. The molecule has 3 rings (SSSR count). The Bertz CT molecular complexity index is 458. The summed E-state index contributed by atoms with van der Waals surface area (Å²) in [4.78, 5) is 17.4. The van der Waals surface area contributed by atoms with E-state index in [1.807, 2.05) is 6.07 Å². The molecule has 1 aromatic rings. The first-order chi connectivity index (χ1) is 9.24. The predicted molar refractivity (Wildman–Crippen MR) is 73.5 cm³/mol. The highest BCUT2D eigenvalue weighted by Crippen LogP contribution is 2.37. The van der Waals surface area contributed by atoms with Crippen molar-refractivity contribution in [3.63, 3.8) is 0 Å². The van der Waals surface area contributed by atoms with Crippen LogP contribution in [-0.4, -0.2) is 29.1 Å². The largest absolute Gasteiger partial charge is 0.478 e. The van der Waals surface area contributed by atoms with E-state index in [1.165, 1.54) is 38.3 Å². The van der Waals surface area contributed by atoms with Crippen LogP contribution in [-0.2, 0) is 0 Å². The molecule has 2 aliphatic rings. The summed E-state index contributed by atoms with van der Waals surface area (Å²) in [6.45, 7) is 2.14. The molecule has 2 heterocycles. The lowest BCUT2D eigenvalue weighted by Gasteiger charge is -2.41. The van der Waals surface area contributed by atoms with E-state index in [4.69, 9.17) is 5.11 Å². The third-order valence-corrected chi connectivity index (χ3v) is 4.61. The van der Waals surface area contributed by atoms with Gasteiger partial charge < -0.3 is 10.0 Å². The number of nitrogens with zero attached hydrogens (tertiary/aromatic N) is 2. The number of piperidine rings is 1. The fraction of sp³-hybridized carbons (Fsp3) is 0.600. The van der Waals surface area contributed by atoms with Crippen molar-refractivity contribution in [2.24, 2.45) is 11.8 Å². The number of carboxylic acid groups (broad SMARTS) is 1. The number of aromatic nitrogens is 1. The number of fused-ring (bicyclic) bond motifs is 1. The van der Waals surface area contributed by atoms with Crippen molar-refractivity contribution in [1.29, 1.82) is 0 Å². The third kappa shape index (κ3) is 2.57. The lowest BCUT2D eigenvalue weighted by molar-refractivity contribution is 0.0696. The van der Waals surface area contributed by atoms with E-state index in [2.05, 4.69) is 9.88 Å². The van der Waals surface area contributed by atoms with Crippen molar-refractivity contribution in [2.45, 2.75) is 32.1 Å². The van der Waals surface area contributed by atoms with Crippen molar-refractivity contribution in [3.05, 3.63) is 23.9 Å². The van der Waals surface area contributed by atoms with Crippen LogP contribution in [0, 0.1) is 11.8 Å². The van der Waals surface area contributed by atoms with Crippen LogP contribution < -0.4 is 4.90 Å². The number of aromatic carboxylic acids is 1. The minimum Gasteiger partial charge on any atom is -0.478 e. The molecule has 0 aromatic carbocycles. The number of hydrogen-bond donors (Lipinski definition) is 1. The summed E-state index contributed by atoms with van der Waals surface area (Å²) in [5.41, 5.74) is 0.260. The van der Waals surface area contributed by atoms with Crippen LogP contribution in [0.3, 0.4) is 0 Å². The van der Waals surface area contributed by atoms with Crippen LogP contribution in [0.4, 0.5) is 5.82 Å². The molecule has 1 aliphatic carbocycles. The molecule has 1 N–H and O–H groups in total. The molecule has 2 atom stereocenters. The zero-order valence-electron chi connectivity index (χ0n) is 11.1. The van der Waals surface area contributed by atoms with Gasteiger partial charge in [-0.3, -0.25) is 0 Å². The van der Waals surface area contributed by atoms with Crippen molar-refractivity contribution >= 4 is 11.8 Å². The van der Waals surface area contributed by atoms with E-state index in [0.717, 1.165) is 30.7 Å². The standard InChI is InChI=1S/C15H20N2O2/c18-15(19)12-5-6-14(16-9-12)17-8-7-11-3-1-2-4-13(11)10-17/h5-6,9,11,13H,1-4,7-8,10H2,(H,18,19). The molecule has 19 heavy (non-hydrogen) atoms. The molecule has 2 unspecified atom stereocenters. The first kappa shape index (κ1) is 12.5. The summed E-state index contributed by atoms with van der Waals surface area (Å²) in [5, 5.41) is 8.89. The van der Waals surface area contributed by atoms with E-state index < -0.39 is 5.97 Å². The fourth-order valence-corrected chi connectivity index (χ4v) is 3.51. The predicted octanol–water partition coefficient (Wildman–Crippen LogP) is 2.80. The number of pyridine rings is 1. The molecule has 0 amide bonds. The van der Waals surface area contributed by atoms with Gasteiger partial charge in [0.15, 0.2) is 0 Å². The van der Waals surface area contributed by atoms with Crippen LogP contribution >= 0.6 is 0 Å². The van der Waals surface area contributed by atoms with E-state index >= 15 is 0 Å². The maximum atomic E-state index is 10.8. The molecular weight excluding hydrogens is 240 g/mol. The average Bonchev–Trinajstić information content (AvgIpc) is 2.47. The van der Waals surface area contributed by atoms with Gasteiger partial charge in [0.2, 0.25) is 0 Å². The number of rotatable bonds is 2. The Hall–Kier alpha value is -1.58. The van der Waals surface area contributed by atoms with Gasteiger partial charge in [0.05, 0.1) is 5.56 Å². The van der Waals surface area contributed by atoms with Crippen molar-refractivity contribution in [1.82, 2.24) is 4.98 Å². The van der Waals surface area contributed by atoms with Crippen LogP contribution in [0.2, 0.25) is 0 Å². The van der Waals surface area contributed by atoms with Crippen molar-refractivity contribution in [2.75, 3.05) is 18.0 Å². The van der Waals surface area contributed by atoms with Gasteiger partial charge in [-0.25, -0.2) is 9.78 Å². The smallest absolute Gasteiger partial charge is 0.337 e. The van der Waals surface area contributed by atoms with Gasteiger partial charge in [-0.2, -0.15) is 0 Å². The van der Waals surface area contributed by atoms with Crippen LogP contribution in [0.5, 0.6) is 0 Å². The molecule has 4 heteroatoms. The lowest BCUT2D eigenvalue weighted by atomic mass is 9.75. The number of carbonyl (C=O) groups is 1. The second kappa shape index (κ2) is 5.19. The van der Waals surface area contributed by atoms with Crippen molar-refractivity contribution in [3.8, 4) is 0 Å². The molecule has 2 fully saturated rings. The first-order valence-corrected chi connectivity index (χ1v) is 7.18. The van der Waals surface area contributed by atoms with Gasteiger partial charge >= 0.3 is 5.97 Å². The highest BCUT2D eigenvalue weighted by Gasteiger charge is 2.31. The summed E-state index contributed by atoms with van der Waals surface area (Å²) in [7, 11) is 0. The zero-order valence-corrected chi connectivity index (χ0v) is 11.1. The minimum absolute atomic E-state index is 0.260. The Morgan fingerprint density at radius 1 is 1.21 bits per heavy atom. The van der Waals surface area contributed by atoms with Gasteiger partial charge in [0.1, 0.15) is 5.82 Å². The summed E-state index contributed by atoms with van der Waals surface area (Å²) in [6.07, 6.45) is 8.21. The Morgan fingerprint density at radius 2 is 2.00 bits per heavy atom. The van der Waals surface area contributed by atoms with Gasteiger partial charge in [-0.1, -0.05) is 19.3 Å². The molecule has 4 nitrogen and oxygen atoms in total. The minimum atomic E-state index is -0.912. The zero-order chi connectivity index (χ0) is 13.2. The monoisotopic (exact) mass is 260 g/mol. The number of anilines is 1. The Kier molecular flexibility index (Phi) is 3.40. The Labute approximate surface area is 113 Å². The first-order valence-electron chi connectivity index (χ1n) is 7.18. The number of carboxylic acids is 1. The van der Waals surface area contributed by atoms with E-state index in [0.29, 0.717) is 0 Å². The summed E-state index contributed by atoms with van der Waals surface area (Å²) in [6, 6.07) is 3.49. The molecule has 1 saturated heterocycles. The van der Waals surface area contributed by atoms with E-state index in [-0.39, 0.29) is 5.56 Å². The maximum Gasteiger partial charge on any atom is 0.337 e. The SMILES string of the molecule is O=C(O)c1ccc(N2CCC3CCCCC3C2)nc1. The van der Waals surface area contributed by atoms with E-state index in [1.54, 1.807) is 6.07 Å². The second-order valence-electron chi connectivity index (χ2n) is 5.75. The van der Waals surface area contributed by atoms with Gasteiger partial charge in [0, 0.05) is 19.3 Å². The molecule has 0 spiro atoms. The quantitative estimate of drug-likeness (QED) is 0.888. The van der Waals surface area contributed by atoms with Gasteiger partial charge in [-0.05, 0) is 36.8 Å². The molecule has 1 saturated carbocycles. The molecule has 0 bridgehead atoms. The maximum absolute atomic E-state index is 10.8. The number of hydrogen-bond acceptors (Lipinski definition) is 3.